The first kappa shape index (κ1) is 19.4. The molecule has 9 heteroatoms. The number of methoxy groups -OCH3 is 1. The summed E-state index contributed by atoms with van der Waals surface area (Å²) in [5.41, 5.74) is 0.464. The fourth-order valence-corrected chi connectivity index (χ4v) is 2.75. The highest BCUT2D eigenvalue weighted by molar-refractivity contribution is 5.95. The highest BCUT2D eigenvalue weighted by atomic mass is 19.2. The number of urea groups is 1. The van der Waals surface area contributed by atoms with Crippen molar-refractivity contribution in [3.05, 3.63) is 46.7 Å². The number of aliphatic carboxylic acids is 1. The summed E-state index contributed by atoms with van der Waals surface area (Å²) in [5, 5.41) is 13.1. The lowest BCUT2D eigenvalue weighted by Gasteiger charge is -2.35. The summed E-state index contributed by atoms with van der Waals surface area (Å²) in [7, 11) is 1.15. The molecule has 0 saturated heterocycles. The van der Waals surface area contributed by atoms with E-state index in [9.17, 15) is 28.3 Å². The van der Waals surface area contributed by atoms with Crippen LogP contribution in [0.3, 0.4) is 0 Å². The molecule has 0 fully saturated rings. The average Bonchev–Trinajstić information content (AvgIpc) is 2.58. The molecular weight excluding hydrogens is 350 g/mol. The molecule has 2 rings (SSSR count). The number of allylic oxidation sites excluding steroid dienone is 1. The fourth-order valence-electron chi connectivity index (χ4n) is 2.75. The number of hydrogen-bond acceptors (Lipinski definition) is 5. The van der Waals surface area contributed by atoms with Gasteiger partial charge in [0.25, 0.3) is 0 Å². The lowest BCUT2D eigenvalue weighted by atomic mass is 9.94. The number of amides is 2. The molecule has 1 N–H and O–H groups in total. The predicted molar refractivity (Wildman–Crippen MR) is 83.3 cm³/mol. The van der Waals surface area contributed by atoms with E-state index in [2.05, 4.69) is 5.32 Å². The number of ether oxygens (including phenoxy) is 1. The highest BCUT2D eigenvalue weighted by Gasteiger charge is 2.36. The maximum absolute atomic E-state index is 13.6. The Morgan fingerprint density at radius 2 is 2.00 bits per heavy atom. The minimum atomic E-state index is -1.25. The van der Waals surface area contributed by atoms with Crippen molar-refractivity contribution in [2.75, 3.05) is 13.7 Å². The molecule has 1 aromatic rings. The van der Waals surface area contributed by atoms with Crippen LogP contribution >= 0.6 is 0 Å². The second-order valence-electron chi connectivity index (χ2n) is 5.67. The molecule has 0 radical (unpaired) electrons. The molecule has 0 saturated carbocycles. The van der Waals surface area contributed by atoms with E-state index in [0.717, 1.165) is 19.2 Å². The molecule has 1 atom stereocenters. The average molecular weight is 367 g/mol. The Labute approximate surface area is 148 Å². The van der Waals surface area contributed by atoms with Crippen molar-refractivity contribution >= 4 is 18.0 Å². The van der Waals surface area contributed by atoms with Crippen LogP contribution in [0.5, 0.6) is 0 Å². The van der Waals surface area contributed by atoms with Crippen LogP contribution in [0.2, 0.25) is 0 Å². The Kier molecular flexibility index (Phi) is 5.91. The zero-order chi connectivity index (χ0) is 19.4. The first-order valence-corrected chi connectivity index (χ1v) is 7.78. The van der Waals surface area contributed by atoms with Crippen molar-refractivity contribution in [1.82, 2.24) is 10.2 Å². The van der Waals surface area contributed by atoms with E-state index >= 15 is 0 Å². The van der Waals surface area contributed by atoms with Gasteiger partial charge in [0.1, 0.15) is 0 Å². The molecule has 0 aliphatic carbocycles. The number of carboxylic acids is 1. The second-order valence-corrected chi connectivity index (χ2v) is 5.67. The van der Waals surface area contributed by atoms with Gasteiger partial charge in [-0.05, 0) is 37.5 Å². The number of carbonyl (C=O) groups is 3. The molecular formula is C17H17F2N2O5-. The van der Waals surface area contributed by atoms with Crippen LogP contribution in [0.4, 0.5) is 13.6 Å². The quantitative estimate of drug-likeness (QED) is 0.757. The molecule has 0 bridgehead atoms. The van der Waals surface area contributed by atoms with Crippen LogP contribution in [0.25, 0.3) is 0 Å². The number of benzene rings is 1. The third kappa shape index (κ3) is 3.98. The number of esters is 1. The molecule has 140 valence electrons. The summed E-state index contributed by atoms with van der Waals surface area (Å²) in [6, 6.07) is 1.42. The number of carbonyl (C=O) groups excluding carboxylic acids is 3. The van der Waals surface area contributed by atoms with Crippen LogP contribution < -0.4 is 10.4 Å². The summed E-state index contributed by atoms with van der Waals surface area (Å²) < 4.78 is 31.5. The standard InChI is InChI=1S/C17H18F2N2O5/c1-9-14(16(24)26-2)15(10-5-6-11(18)12(19)8-10)20-17(25)21(9)7-3-4-13(22)23/h5-6,8,15H,3-4,7H2,1-2H3,(H,20,25)(H,22,23)/p-1/t15-/m0/s1. The Bertz CT molecular complexity index is 778. The Balaban J connectivity index is 2.41. The van der Waals surface area contributed by atoms with E-state index in [1.54, 1.807) is 0 Å². The van der Waals surface area contributed by atoms with Gasteiger partial charge in [-0.3, -0.25) is 4.90 Å². The van der Waals surface area contributed by atoms with Gasteiger partial charge >= 0.3 is 12.0 Å². The third-order valence-electron chi connectivity index (χ3n) is 4.04. The Hall–Kier alpha value is -2.97. The minimum absolute atomic E-state index is 0.0383. The molecule has 7 nitrogen and oxygen atoms in total. The Morgan fingerprint density at radius 3 is 2.58 bits per heavy atom. The van der Waals surface area contributed by atoms with Crippen molar-refractivity contribution < 1.29 is 33.0 Å². The van der Waals surface area contributed by atoms with Gasteiger partial charge in [-0.15, -0.1) is 0 Å². The minimum Gasteiger partial charge on any atom is -0.550 e. The molecule has 2 amide bonds. The van der Waals surface area contributed by atoms with Crippen LogP contribution in [-0.4, -0.2) is 36.5 Å². The molecule has 0 spiro atoms. The number of hydrogen-bond donors (Lipinski definition) is 1. The molecule has 0 unspecified atom stereocenters. The van der Waals surface area contributed by atoms with Gasteiger partial charge in [-0.2, -0.15) is 0 Å². The van der Waals surface area contributed by atoms with Crippen molar-refractivity contribution in [3.63, 3.8) is 0 Å². The van der Waals surface area contributed by atoms with Gasteiger partial charge < -0.3 is 20.0 Å². The molecule has 0 aromatic heterocycles. The third-order valence-corrected chi connectivity index (χ3v) is 4.04. The number of nitrogens with zero attached hydrogens (tertiary/aromatic N) is 1. The summed E-state index contributed by atoms with van der Waals surface area (Å²) in [4.78, 5) is 36.3. The molecule has 1 heterocycles. The monoisotopic (exact) mass is 367 g/mol. The number of rotatable bonds is 6. The lowest BCUT2D eigenvalue weighted by Crippen LogP contribution is -2.48. The van der Waals surface area contributed by atoms with Crippen molar-refractivity contribution in [3.8, 4) is 0 Å². The summed E-state index contributed by atoms with van der Waals surface area (Å²) in [5.74, 6) is -4.17. The van der Waals surface area contributed by atoms with Gasteiger partial charge in [0.15, 0.2) is 11.6 Å². The largest absolute Gasteiger partial charge is 0.550 e. The molecule has 26 heavy (non-hydrogen) atoms. The normalized spacial score (nSPS) is 17.2. The van der Waals surface area contributed by atoms with E-state index in [-0.39, 0.29) is 36.2 Å². The molecule has 1 aliphatic heterocycles. The van der Waals surface area contributed by atoms with E-state index in [0.29, 0.717) is 0 Å². The van der Waals surface area contributed by atoms with Gasteiger partial charge in [-0.1, -0.05) is 6.07 Å². The number of nitrogens with one attached hydrogen (secondary N) is 1. The maximum Gasteiger partial charge on any atom is 0.337 e. The summed E-state index contributed by atoms with van der Waals surface area (Å²) in [6.45, 7) is 1.54. The Morgan fingerprint density at radius 1 is 1.31 bits per heavy atom. The lowest BCUT2D eigenvalue weighted by molar-refractivity contribution is -0.305. The second kappa shape index (κ2) is 7.94. The zero-order valence-corrected chi connectivity index (χ0v) is 14.2. The highest BCUT2D eigenvalue weighted by Crippen LogP contribution is 2.32. The van der Waals surface area contributed by atoms with Gasteiger partial charge in [0, 0.05) is 18.2 Å². The van der Waals surface area contributed by atoms with Crippen LogP contribution in [-0.2, 0) is 14.3 Å². The van der Waals surface area contributed by atoms with E-state index < -0.39 is 35.6 Å². The maximum atomic E-state index is 13.6. The topological polar surface area (TPSA) is 98.8 Å². The summed E-state index contributed by atoms with van der Waals surface area (Å²) >= 11 is 0. The number of carboxylic acid groups (broad SMARTS) is 1. The van der Waals surface area contributed by atoms with Crippen LogP contribution in [0.1, 0.15) is 31.4 Å². The van der Waals surface area contributed by atoms with Gasteiger partial charge in [0.05, 0.1) is 18.7 Å². The summed E-state index contributed by atoms with van der Waals surface area (Å²) in [6.07, 6.45) is -0.130. The predicted octanol–water partition coefficient (Wildman–Crippen LogP) is 1.01. The molecule has 1 aromatic carbocycles. The van der Waals surface area contributed by atoms with Crippen LogP contribution in [0, 0.1) is 11.6 Å². The smallest absolute Gasteiger partial charge is 0.337 e. The van der Waals surface area contributed by atoms with Gasteiger partial charge in [-0.25, -0.2) is 18.4 Å². The zero-order valence-electron chi connectivity index (χ0n) is 14.2. The SMILES string of the molecule is COC(=O)C1=C(C)N(CCCC(=O)[O-])C(=O)N[C@H]1c1ccc(F)c(F)c1. The van der Waals surface area contributed by atoms with E-state index in [1.807, 2.05) is 0 Å². The van der Waals surface area contributed by atoms with E-state index in [1.165, 1.54) is 17.9 Å². The van der Waals surface area contributed by atoms with Crippen molar-refractivity contribution in [1.29, 1.82) is 0 Å². The van der Waals surface area contributed by atoms with Crippen molar-refractivity contribution in [2.45, 2.75) is 25.8 Å². The van der Waals surface area contributed by atoms with Crippen molar-refractivity contribution in [2.24, 2.45) is 0 Å². The first-order chi connectivity index (χ1) is 12.3. The number of halogens is 2. The van der Waals surface area contributed by atoms with Gasteiger partial charge in [0.2, 0.25) is 0 Å². The van der Waals surface area contributed by atoms with E-state index in [4.69, 9.17) is 4.74 Å². The first-order valence-electron chi connectivity index (χ1n) is 7.78. The van der Waals surface area contributed by atoms with Crippen LogP contribution in [0.15, 0.2) is 29.5 Å². The molecule has 1 aliphatic rings. The fraction of sp³-hybridized carbons (Fsp3) is 0.353.